The van der Waals surface area contributed by atoms with Crippen molar-refractivity contribution in [2.45, 2.75) is 13.5 Å². The quantitative estimate of drug-likeness (QED) is 0.322. The fraction of sp³-hybridized carbons (Fsp3) is 0.0800. The Morgan fingerprint density at radius 1 is 1.12 bits per heavy atom. The van der Waals surface area contributed by atoms with Gasteiger partial charge in [-0.25, -0.2) is 4.98 Å². The number of aromatic hydroxyl groups is 1. The van der Waals surface area contributed by atoms with Crippen LogP contribution in [0, 0.1) is 6.92 Å². The molecule has 33 heavy (non-hydrogen) atoms. The smallest absolute Gasteiger partial charge is 0.256 e. The molecule has 0 fully saturated rings. The molecule has 0 spiro atoms. The number of carbonyl (C=O) groups excluding carboxylic acids is 1. The van der Waals surface area contributed by atoms with E-state index in [1.807, 2.05) is 60.1 Å². The number of hydrogen-bond donors (Lipinski definition) is 3. The summed E-state index contributed by atoms with van der Waals surface area (Å²) in [6.45, 7) is 2.47. The number of amides is 1. The van der Waals surface area contributed by atoms with Crippen molar-refractivity contribution < 1.29 is 9.90 Å². The normalized spacial score (nSPS) is 10.9. The summed E-state index contributed by atoms with van der Waals surface area (Å²) in [5, 5.41) is 24.8. The number of nitrogens with one attached hydrogen (secondary N) is 2. The van der Waals surface area contributed by atoms with Crippen LogP contribution < -0.4 is 10.6 Å². The Bertz CT molecular complexity index is 1440. The second kappa shape index (κ2) is 8.76. The summed E-state index contributed by atoms with van der Waals surface area (Å²) in [6, 6.07) is 18.5. The third kappa shape index (κ3) is 4.28. The van der Waals surface area contributed by atoms with Gasteiger partial charge in [-0.3, -0.25) is 4.79 Å². The number of carbonyl (C=O) groups is 1. The molecule has 8 heteroatoms. The standard InChI is InChI=1S/C25H21N5O2S/c1-16-13-27-30-23(12-21(29-24(16)30)20-7-2-3-8-22(20)31)26-14-17-5-4-6-19(11-17)28-25(32)18-9-10-33-15-18/h2-13,15,26,31H,14H2,1H3,(H,28,32). The van der Waals surface area contributed by atoms with E-state index in [1.165, 1.54) is 11.3 Å². The molecule has 7 nitrogen and oxygen atoms in total. The van der Waals surface area contributed by atoms with Gasteiger partial charge in [-0.1, -0.05) is 24.3 Å². The number of rotatable bonds is 6. The lowest BCUT2D eigenvalue weighted by Crippen LogP contribution is -2.11. The van der Waals surface area contributed by atoms with Gasteiger partial charge in [0.1, 0.15) is 11.6 Å². The Balaban J connectivity index is 1.41. The molecule has 0 radical (unpaired) electrons. The van der Waals surface area contributed by atoms with E-state index >= 15 is 0 Å². The van der Waals surface area contributed by atoms with Gasteiger partial charge in [-0.05, 0) is 48.2 Å². The van der Waals surface area contributed by atoms with Gasteiger partial charge in [0.05, 0.1) is 17.5 Å². The minimum atomic E-state index is -0.128. The van der Waals surface area contributed by atoms with E-state index in [-0.39, 0.29) is 11.7 Å². The van der Waals surface area contributed by atoms with Crippen molar-refractivity contribution in [2.75, 3.05) is 10.6 Å². The Morgan fingerprint density at radius 3 is 2.82 bits per heavy atom. The topological polar surface area (TPSA) is 91.5 Å². The molecule has 0 aliphatic rings. The molecule has 0 bridgehead atoms. The van der Waals surface area contributed by atoms with E-state index in [1.54, 1.807) is 28.9 Å². The van der Waals surface area contributed by atoms with Gasteiger partial charge < -0.3 is 15.7 Å². The van der Waals surface area contributed by atoms with Crippen LogP contribution in [0.2, 0.25) is 0 Å². The lowest BCUT2D eigenvalue weighted by atomic mass is 10.1. The van der Waals surface area contributed by atoms with Crippen molar-refractivity contribution in [1.29, 1.82) is 0 Å². The van der Waals surface area contributed by atoms with Gasteiger partial charge in [0.2, 0.25) is 0 Å². The van der Waals surface area contributed by atoms with E-state index in [9.17, 15) is 9.90 Å². The molecule has 0 saturated heterocycles. The monoisotopic (exact) mass is 455 g/mol. The lowest BCUT2D eigenvalue weighted by Gasteiger charge is -2.12. The number of phenolic OH excluding ortho intramolecular Hbond substituents is 1. The SMILES string of the molecule is Cc1cnn2c(NCc3cccc(NC(=O)c4ccsc4)c3)cc(-c3ccccc3O)nc12. The molecule has 1 amide bonds. The highest BCUT2D eigenvalue weighted by Gasteiger charge is 2.13. The summed E-state index contributed by atoms with van der Waals surface area (Å²) < 4.78 is 1.75. The van der Waals surface area contributed by atoms with Gasteiger partial charge >= 0.3 is 0 Å². The molecule has 164 valence electrons. The molecule has 3 heterocycles. The van der Waals surface area contributed by atoms with Gasteiger partial charge in [0.15, 0.2) is 5.65 Å². The first-order chi connectivity index (χ1) is 16.1. The molecule has 0 aliphatic heterocycles. The Hall–Kier alpha value is -4.17. The number of thiophene rings is 1. The van der Waals surface area contributed by atoms with Crippen LogP contribution in [0.15, 0.2) is 77.6 Å². The highest BCUT2D eigenvalue weighted by molar-refractivity contribution is 7.08. The number of para-hydroxylation sites is 1. The summed E-state index contributed by atoms with van der Waals surface area (Å²) in [6.07, 6.45) is 1.77. The largest absolute Gasteiger partial charge is 0.507 e. The molecule has 5 aromatic rings. The third-order valence-electron chi connectivity index (χ3n) is 5.27. The zero-order valence-corrected chi connectivity index (χ0v) is 18.6. The van der Waals surface area contributed by atoms with Gasteiger partial charge in [-0.2, -0.15) is 21.0 Å². The molecule has 5 rings (SSSR count). The van der Waals surface area contributed by atoms with Gasteiger partial charge in [0, 0.05) is 34.8 Å². The molecule has 2 aromatic carbocycles. The van der Waals surface area contributed by atoms with Crippen LogP contribution >= 0.6 is 11.3 Å². The predicted molar refractivity (Wildman–Crippen MR) is 131 cm³/mol. The summed E-state index contributed by atoms with van der Waals surface area (Å²) in [5.74, 6) is 0.794. The number of hydrogen-bond acceptors (Lipinski definition) is 6. The van der Waals surface area contributed by atoms with Gasteiger partial charge in [0.25, 0.3) is 5.91 Å². The fourth-order valence-corrected chi connectivity index (χ4v) is 4.21. The number of aromatic nitrogens is 3. The summed E-state index contributed by atoms with van der Waals surface area (Å²) in [4.78, 5) is 17.1. The average Bonchev–Trinajstić information content (AvgIpc) is 3.49. The first kappa shape index (κ1) is 20.7. The lowest BCUT2D eigenvalue weighted by molar-refractivity contribution is 0.102. The second-order valence-corrected chi connectivity index (χ2v) is 8.41. The molecule has 0 saturated carbocycles. The highest BCUT2D eigenvalue weighted by atomic mass is 32.1. The Kier molecular flexibility index (Phi) is 5.50. The summed E-state index contributed by atoms with van der Waals surface area (Å²) in [5.41, 5.74) is 5.34. The minimum Gasteiger partial charge on any atom is -0.507 e. The first-order valence-corrected chi connectivity index (χ1v) is 11.3. The third-order valence-corrected chi connectivity index (χ3v) is 5.95. The van der Waals surface area contributed by atoms with Crippen molar-refractivity contribution in [3.8, 4) is 17.0 Å². The number of fused-ring (bicyclic) bond motifs is 1. The summed E-state index contributed by atoms with van der Waals surface area (Å²) in [7, 11) is 0. The van der Waals surface area contributed by atoms with E-state index in [2.05, 4.69) is 15.7 Å². The van der Waals surface area contributed by atoms with Crippen LogP contribution in [0.1, 0.15) is 21.5 Å². The molecule has 3 N–H and O–H groups in total. The van der Waals surface area contributed by atoms with Gasteiger partial charge in [-0.15, -0.1) is 0 Å². The minimum absolute atomic E-state index is 0.128. The van der Waals surface area contributed by atoms with Crippen molar-refractivity contribution in [2.24, 2.45) is 0 Å². The molecule has 0 unspecified atom stereocenters. The number of aryl methyl sites for hydroxylation is 1. The highest BCUT2D eigenvalue weighted by Crippen LogP contribution is 2.30. The van der Waals surface area contributed by atoms with E-state index in [0.29, 0.717) is 23.4 Å². The average molecular weight is 456 g/mol. The van der Waals surface area contributed by atoms with E-state index in [4.69, 9.17) is 4.98 Å². The Morgan fingerprint density at radius 2 is 2.00 bits per heavy atom. The van der Waals surface area contributed by atoms with Crippen LogP contribution in [-0.2, 0) is 6.54 Å². The first-order valence-electron chi connectivity index (χ1n) is 10.4. The zero-order valence-electron chi connectivity index (χ0n) is 17.8. The molecule has 0 aliphatic carbocycles. The molecular weight excluding hydrogens is 434 g/mol. The van der Waals surface area contributed by atoms with Crippen LogP contribution in [0.25, 0.3) is 16.9 Å². The predicted octanol–water partition coefficient (Wildman–Crippen LogP) is 5.34. The van der Waals surface area contributed by atoms with Crippen molar-refractivity contribution >= 4 is 34.4 Å². The van der Waals surface area contributed by atoms with Crippen LogP contribution in [0.4, 0.5) is 11.5 Å². The summed E-state index contributed by atoms with van der Waals surface area (Å²) >= 11 is 1.49. The Labute approximate surface area is 194 Å². The van der Waals surface area contributed by atoms with Crippen molar-refractivity contribution in [3.63, 3.8) is 0 Å². The van der Waals surface area contributed by atoms with Crippen LogP contribution in [0.5, 0.6) is 5.75 Å². The number of benzene rings is 2. The maximum atomic E-state index is 12.4. The number of anilines is 2. The molecule has 0 atom stereocenters. The maximum absolute atomic E-state index is 12.4. The molecular formula is C25H21N5O2S. The number of nitrogens with zero attached hydrogens (tertiary/aromatic N) is 3. The zero-order chi connectivity index (χ0) is 22.8. The van der Waals surface area contributed by atoms with E-state index < -0.39 is 0 Å². The maximum Gasteiger partial charge on any atom is 0.256 e. The van der Waals surface area contributed by atoms with Crippen molar-refractivity contribution in [3.05, 3.63) is 94.3 Å². The fourth-order valence-electron chi connectivity index (χ4n) is 3.58. The van der Waals surface area contributed by atoms with E-state index in [0.717, 1.165) is 28.3 Å². The number of phenols is 1. The second-order valence-electron chi connectivity index (χ2n) is 7.63. The van der Waals surface area contributed by atoms with Crippen LogP contribution in [-0.4, -0.2) is 25.6 Å². The van der Waals surface area contributed by atoms with Crippen LogP contribution in [0.3, 0.4) is 0 Å². The van der Waals surface area contributed by atoms with Crippen molar-refractivity contribution in [1.82, 2.24) is 14.6 Å². The molecule has 3 aromatic heterocycles.